The highest BCUT2D eigenvalue weighted by atomic mass is 31.2. The molecule has 0 aliphatic rings. The third-order valence-electron chi connectivity index (χ3n) is 2.89. The Kier molecular flexibility index (Phi) is 4.16. The molecule has 0 heterocycles. The minimum Gasteiger partial charge on any atom is -0.323 e. The summed E-state index contributed by atoms with van der Waals surface area (Å²) in [6, 6.07) is 14.7. The molecule has 0 bridgehead atoms. The molecule has 2 aromatic carbocycles. The van der Waals surface area contributed by atoms with Gasteiger partial charge < -0.3 is 15.5 Å². The van der Waals surface area contributed by atoms with Crippen LogP contribution in [0.4, 0.5) is 0 Å². The van der Waals surface area contributed by atoms with Crippen LogP contribution in [-0.2, 0) is 4.57 Å². The summed E-state index contributed by atoms with van der Waals surface area (Å²) >= 11 is 0. The third kappa shape index (κ3) is 3.21. The number of carbonyl (C=O) groups excluding carboxylic acids is 1. The van der Waals surface area contributed by atoms with Gasteiger partial charge in [0.15, 0.2) is 5.78 Å². The van der Waals surface area contributed by atoms with Gasteiger partial charge in [0, 0.05) is 11.1 Å². The highest BCUT2D eigenvalue weighted by Gasteiger charge is 2.26. The molecule has 0 unspecified atom stereocenters. The zero-order valence-corrected chi connectivity index (χ0v) is 11.4. The van der Waals surface area contributed by atoms with E-state index in [4.69, 9.17) is 15.5 Å². The maximum absolute atomic E-state index is 12.2. The smallest absolute Gasteiger partial charge is 0.323 e. The van der Waals surface area contributed by atoms with Crippen LogP contribution in [0.1, 0.15) is 27.3 Å². The van der Waals surface area contributed by atoms with Gasteiger partial charge in [0.1, 0.15) is 5.78 Å². The molecule has 6 heteroatoms. The lowest BCUT2D eigenvalue weighted by molar-refractivity contribution is 0.103. The first kappa shape index (κ1) is 14.6. The third-order valence-corrected chi connectivity index (χ3v) is 3.91. The van der Waals surface area contributed by atoms with E-state index in [1.54, 1.807) is 42.5 Å². The maximum atomic E-state index is 12.2. The Morgan fingerprint density at radius 1 is 1.00 bits per heavy atom. The van der Waals surface area contributed by atoms with Crippen molar-refractivity contribution in [2.45, 2.75) is 5.78 Å². The van der Waals surface area contributed by atoms with E-state index in [1.807, 2.05) is 0 Å². The lowest BCUT2D eigenvalue weighted by atomic mass is 10.0. The molecule has 0 spiro atoms. The van der Waals surface area contributed by atoms with Crippen LogP contribution in [0.25, 0.3) is 0 Å². The molecule has 5 nitrogen and oxygen atoms in total. The largest absolute Gasteiger partial charge is 0.346 e. The molecule has 2 aromatic rings. The van der Waals surface area contributed by atoms with E-state index in [9.17, 15) is 9.36 Å². The van der Waals surface area contributed by atoms with E-state index in [1.165, 1.54) is 12.1 Å². The molecule has 2 rings (SSSR count). The maximum Gasteiger partial charge on any atom is 0.346 e. The molecule has 1 atom stereocenters. The summed E-state index contributed by atoms with van der Waals surface area (Å²) < 4.78 is 11.2. The number of benzene rings is 2. The molecule has 20 heavy (non-hydrogen) atoms. The Labute approximate surface area is 116 Å². The minimum absolute atomic E-state index is 0.217. The number of ketones is 1. The average Bonchev–Trinajstić information content (AvgIpc) is 2.46. The Balaban J connectivity index is 2.36. The Hall–Kier alpha value is -1.78. The van der Waals surface area contributed by atoms with Crippen LogP contribution >= 0.6 is 7.60 Å². The number of hydrogen-bond acceptors (Lipinski definition) is 3. The standard InChI is InChI=1S/C14H14NO4P/c15-14(20(17,18)19)12-8-4-7-11(9-12)13(16)10-5-2-1-3-6-10/h1-9,14H,15H2,(H2,17,18,19)/t14-/m0/s1. The lowest BCUT2D eigenvalue weighted by Gasteiger charge is -2.14. The molecule has 104 valence electrons. The zero-order chi connectivity index (χ0) is 14.8. The minimum atomic E-state index is -4.43. The molecule has 0 saturated heterocycles. The van der Waals surface area contributed by atoms with Gasteiger partial charge in [-0.25, -0.2) is 0 Å². The molecule has 0 amide bonds. The van der Waals surface area contributed by atoms with Crippen LogP contribution in [0, 0.1) is 0 Å². The van der Waals surface area contributed by atoms with Gasteiger partial charge in [-0.1, -0.05) is 48.5 Å². The van der Waals surface area contributed by atoms with Crippen LogP contribution in [0.5, 0.6) is 0 Å². The topological polar surface area (TPSA) is 101 Å². The van der Waals surface area contributed by atoms with Crippen molar-refractivity contribution in [2.75, 3.05) is 0 Å². The summed E-state index contributed by atoms with van der Waals surface area (Å²) in [6.07, 6.45) is 0. The molecule has 0 saturated carbocycles. The number of rotatable bonds is 4. The van der Waals surface area contributed by atoms with Gasteiger partial charge in [-0.3, -0.25) is 9.36 Å². The molecular formula is C14H14NO4P. The Morgan fingerprint density at radius 2 is 1.60 bits per heavy atom. The van der Waals surface area contributed by atoms with Crippen molar-refractivity contribution < 1.29 is 19.1 Å². The van der Waals surface area contributed by atoms with Crippen molar-refractivity contribution in [1.82, 2.24) is 0 Å². The van der Waals surface area contributed by atoms with Crippen LogP contribution < -0.4 is 5.73 Å². The van der Waals surface area contributed by atoms with Gasteiger partial charge in [0.25, 0.3) is 0 Å². The quantitative estimate of drug-likeness (QED) is 0.591. The summed E-state index contributed by atoms with van der Waals surface area (Å²) in [5.74, 6) is -1.64. The van der Waals surface area contributed by atoms with E-state index in [2.05, 4.69) is 0 Å². The van der Waals surface area contributed by atoms with E-state index >= 15 is 0 Å². The SMILES string of the molecule is N[C@H](c1cccc(C(=O)c2ccccc2)c1)P(=O)(O)O. The fraction of sp³-hybridized carbons (Fsp3) is 0.0714. The monoisotopic (exact) mass is 291 g/mol. The first-order valence-corrected chi connectivity index (χ1v) is 7.58. The van der Waals surface area contributed by atoms with Gasteiger partial charge in [-0.15, -0.1) is 0 Å². The van der Waals surface area contributed by atoms with Gasteiger partial charge in [-0.2, -0.15) is 0 Å². The molecule has 0 aliphatic heterocycles. The van der Waals surface area contributed by atoms with Gasteiger partial charge >= 0.3 is 7.60 Å². The fourth-order valence-electron chi connectivity index (χ4n) is 1.81. The molecule has 0 aromatic heterocycles. The van der Waals surface area contributed by atoms with Gasteiger partial charge in [0.05, 0.1) is 0 Å². The predicted molar refractivity (Wildman–Crippen MR) is 75.3 cm³/mol. The molecule has 0 radical (unpaired) electrons. The predicted octanol–water partition coefficient (Wildman–Crippen LogP) is 2.05. The molecule has 0 fully saturated rings. The summed E-state index contributed by atoms with van der Waals surface area (Å²) in [6.45, 7) is 0. The highest BCUT2D eigenvalue weighted by molar-refractivity contribution is 7.52. The molecule has 4 N–H and O–H groups in total. The van der Waals surface area contributed by atoms with Crippen molar-refractivity contribution in [3.05, 3.63) is 71.3 Å². The first-order chi connectivity index (χ1) is 9.39. The molecular weight excluding hydrogens is 277 g/mol. The van der Waals surface area contributed by atoms with Crippen LogP contribution in [0.3, 0.4) is 0 Å². The van der Waals surface area contributed by atoms with Crippen LogP contribution in [0.15, 0.2) is 54.6 Å². The highest BCUT2D eigenvalue weighted by Crippen LogP contribution is 2.48. The van der Waals surface area contributed by atoms with E-state index in [0.29, 0.717) is 11.1 Å². The van der Waals surface area contributed by atoms with Crippen LogP contribution in [-0.4, -0.2) is 15.6 Å². The van der Waals surface area contributed by atoms with Crippen molar-refractivity contribution in [1.29, 1.82) is 0 Å². The number of hydrogen-bond donors (Lipinski definition) is 3. The van der Waals surface area contributed by atoms with Crippen molar-refractivity contribution in [3.63, 3.8) is 0 Å². The van der Waals surface area contributed by atoms with Gasteiger partial charge in [0.2, 0.25) is 0 Å². The van der Waals surface area contributed by atoms with E-state index < -0.39 is 13.4 Å². The number of nitrogens with two attached hydrogens (primary N) is 1. The van der Waals surface area contributed by atoms with E-state index in [-0.39, 0.29) is 11.3 Å². The fourth-order valence-corrected chi connectivity index (χ4v) is 2.36. The first-order valence-electron chi connectivity index (χ1n) is 5.90. The average molecular weight is 291 g/mol. The normalized spacial score (nSPS) is 12.9. The lowest BCUT2D eigenvalue weighted by Crippen LogP contribution is -2.11. The number of carbonyl (C=O) groups is 1. The second-order valence-corrected chi connectivity index (χ2v) is 6.09. The Morgan fingerprint density at radius 3 is 2.20 bits per heavy atom. The van der Waals surface area contributed by atoms with Crippen molar-refractivity contribution in [3.8, 4) is 0 Å². The summed E-state index contributed by atoms with van der Waals surface area (Å²) in [4.78, 5) is 30.4. The molecule has 0 aliphatic carbocycles. The van der Waals surface area contributed by atoms with Crippen molar-refractivity contribution >= 4 is 13.4 Å². The summed E-state index contributed by atoms with van der Waals surface area (Å²) in [5, 5.41) is 0. The summed E-state index contributed by atoms with van der Waals surface area (Å²) in [5.41, 5.74) is 6.60. The second kappa shape index (κ2) is 5.69. The Bertz CT molecular complexity index is 666. The van der Waals surface area contributed by atoms with Crippen LogP contribution in [0.2, 0.25) is 0 Å². The van der Waals surface area contributed by atoms with Gasteiger partial charge in [-0.05, 0) is 11.6 Å². The zero-order valence-electron chi connectivity index (χ0n) is 10.5. The summed E-state index contributed by atoms with van der Waals surface area (Å²) in [7, 11) is -4.43. The second-order valence-electron chi connectivity index (χ2n) is 4.35. The van der Waals surface area contributed by atoms with Crippen molar-refractivity contribution in [2.24, 2.45) is 5.73 Å². The van der Waals surface area contributed by atoms with E-state index in [0.717, 1.165) is 0 Å².